The summed E-state index contributed by atoms with van der Waals surface area (Å²) in [5.74, 6) is 0.464. The Morgan fingerprint density at radius 1 is 1.22 bits per heavy atom. The highest BCUT2D eigenvalue weighted by Crippen LogP contribution is 2.15. The van der Waals surface area contributed by atoms with Gasteiger partial charge in [0.15, 0.2) is 17.0 Å². The number of hydrogen-bond acceptors (Lipinski definition) is 6. The normalized spacial score (nSPS) is 10.7. The first-order chi connectivity index (χ1) is 8.83. The molecule has 0 bridgehead atoms. The zero-order chi connectivity index (χ0) is 12.4. The van der Waals surface area contributed by atoms with Gasteiger partial charge in [0.2, 0.25) is 0 Å². The average Bonchev–Trinajstić information content (AvgIpc) is 2.85. The van der Waals surface area contributed by atoms with Gasteiger partial charge in [0.1, 0.15) is 0 Å². The van der Waals surface area contributed by atoms with E-state index in [2.05, 4.69) is 24.0 Å². The monoisotopic (exact) mass is 259 g/mol. The van der Waals surface area contributed by atoms with E-state index < -0.39 is 5.69 Å². The SMILES string of the molecule is O=c1nc(NCc2ccccc2)c2nsnc2[nH]1. The highest BCUT2D eigenvalue weighted by molar-refractivity contribution is 7.00. The van der Waals surface area contributed by atoms with E-state index in [9.17, 15) is 4.79 Å². The maximum absolute atomic E-state index is 11.3. The minimum atomic E-state index is -0.425. The third kappa shape index (κ3) is 2.07. The maximum Gasteiger partial charge on any atom is 0.348 e. The first-order valence-electron chi connectivity index (χ1n) is 5.33. The Kier molecular flexibility index (Phi) is 2.73. The summed E-state index contributed by atoms with van der Waals surface area (Å²) in [5.41, 5.74) is 1.74. The summed E-state index contributed by atoms with van der Waals surface area (Å²) < 4.78 is 8.10. The molecule has 0 fully saturated rings. The quantitative estimate of drug-likeness (QED) is 0.742. The standard InChI is InChI=1S/C11H9N5OS/c17-11-13-9(8-10(14-11)16-18-15-8)12-6-7-4-2-1-3-5-7/h1-5H,6H2,(H2,12,13,14,16,17). The Labute approximate surface area is 106 Å². The Bertz CT molecular complexity index is 721. The fourth-order valence-corrected chi connectivity index (χ4v) is 2.12. The van der Waals surface area contributed by atoms with Crippen molar-refractivity contribution in [2.75, 3.05) is 5.32 Å². The summed E-state index contributed by atoms with van der Waals surface area (Å²) in [7, 11) is 0. The number of benzene rings is 1. The summed E-state index contributed by atoms with van der Waals surface area (Å²) in [6.45, 7) is 0.587. The zero-order valence-electron chi connectivity index (χ0n) is 9.25. The minimum absolute atomic E-state index is 0.425. The molecule has 90 valence electrons. The van der Waals surface area contributed by atoms with E-state index >= 15 is 0 Å². The Hall–Kier alpha value is -2.28. The molecule has 2 N–H and O–H groups in total. The second kappa shape index (κ2) is 4.53. The second-order valence-corrected chi connectivity index (χ2v) is 4.22. The molecule has 0 radical (unpaired) electrons. The van der Waals surface area contributed by atoms with Crippen molar-refractivity contribution in [1.29, 1.82) is 0 Å². The van der Waals surface area contributed by atoms with Gasteiger partial charge in [0.25, 0.3) is 0 Å². The van der Waals surface area contributed by atoms with Crippen LogP contribution in [0.25, 0.3) is 11.2 Å². The molecule has 6 nitrogen and oxygen atoms in total. The lowest BCUT2D eigenvalue weighted by Gasteiger charge is -2.04. The number of hydrogen-bond donors (Lipinski definition) is 2. The summed E-state index contributed by atoms with van der Waals surface area (Å²) in [4.78, 5) is 17.8. The molecule has 1 aromatic carbocycles. The Morgan fingerprint density at radius 2 is 2.06 bits per heavy atom. The molecule has 2 heterocycles. The minimum Gasteiger partial charge on any atom is -0.364 e. The molecule has 0 unspecified atom stereocenters. The van der Waals surface area contributed by atoms with Gasteiger partial charge >= 0.3 is 5.69 Å². The van der Waals surface area contributed by atoms with Crippen LogP contribution in [-0.4, -0.2) is 18.7 Å². The van der Waals surface area contributed by atoms with Crippen molar-refractivity contribution < 1.29 is 0 Å². The number of nitrogens with one attached hydrogen (secondary N) is 2. The molecule has 0 saturated heterocycles. The molecular weight excluding hydrogens is 250 g/mol. The fraction of sp³-hybridized carbons (Fsp3) is 0.0909. The van der Waals surface area contributed by atoms with Crippen molar-refractivity contribution in [3.05, 3.63) is 46.4 Å². The van der Waals surface area contributed by atoms with Crippen molar-refractivity contribution in [2.24, 2.45) is 0 Å². The van der Waals surface area contributed by atoms with Crippen LogP contribution in [0.15, 0.2) is 35.1 Å². The first kappa shape index (κ1) is 10.8. The zero-order valence-corrected chi connectivity index (χ0v) is 10.1. The number of aromatic nitrogens is 4. The lowest BCUT2D eigenvalue weighted by Crippen LogP contribution is -2.14. The van der Waals surface area contributed by atoms with E-state index in [4.69, 9.17) is 0 Å². The van der Waals surface area contributed by atoms with Gasteiger partial charge in [0.05, 0.1) is 11.7 Å². The topological polar surface area (TPSA) is 83.6 Å². The van der Waals surface area contributed by atoms with Crippen LogP contribution in [0.2, 0.25) is 0 Å². The van der Waals surface area contributed by atoms with Gasteiger partial charge in [-0.05, 0) is 5.56 Å². The number of rotatable bonds is 3. The van der Waals surface area contributed by atoms with E-state index in [0.717, 1.165) is 17.3 Å². The highest BCUT2D eigenvalue weighted by atomic mass is 32.1. The average molecular weight is 259 g/mol. The third-order valence-corrected chi connectivity index (χ3v) is 2.98. The van der Waals surface area contributed by atoms with E-state index in [1.54, 1.807) is 0 Å². The molecule has 0 aliphatic rings. The van der Waals surface area contributed by atoms with Crippen LogP contribution in [0.1, 0.15) is 5.56 Å². The van der Waals surface area contributed by atoms with Crippen LogP contribution in [0.5, 0.6) is 0 Å². The largest absolute Gasteiger partial charge is 0.364 e. The summed E-state index contributed by atoms with van der Waals surface area (Å²) >= 11 is 1.05. The number of anilines is 1. The van der Waals surface area contributed by atoms with Crippen molar-refractivity contribution in [2.45, 2.75) is 6.54 Å². The molecule has 3 rings (SSSR count). The number of fused-ring (bicyclic) bond motifs is 1. The Balaban J connectivity index is 1.91. The molecule has 0 amide bonds. The van der Waals surface area contributed by atoms with Crippen LogP contribution in [0.3, 0.4) is 0 Å². The smallest absolute Gasteiger partial charge is 0.348 e. The summed E-state index contributed by atoms with van der Waals surface area (Å²) in [6.07, 6.45) is 0. The first-order valence-corrected chi connectivity index (χ1v) is 6.06. The van der Waals surface area contributed by atoms with Gasteiger partial charge in [0, 0.05) is 6.54 Å². The van der Waals surface area contributed by atoms with Gasteiger partial charge in [-0.25, -0.2) is 4.79 Å². The molecule has 7 heteroatoms. The highest BCUT2D eigenvalue weighted by Gasteiger charge is 2.08. The molecular formula is C11H9N5OS. The molecule has 0 atom stereocenters. The van der Waals surface area contributed by atoms with Gasteiger partial charge in [-0.15, -0.1) is 0 Å². The second-order valence-electron chi connectivity index (χ2n) is 3.69. The number of aromatic amines is 1. The molecule has 0 aliphatic heterocycles. The van der Waals surface area contributed by atoms with E-state index in [-0.39, 0.29) is 0 Å². The van der Waals surface area contributed by atoms with E-state index in [1.165, 1.54) is 0 Å². The van der Waals surface area contributed by atoms with Crippen LogP contribution in [0.4, 0.5) is 5.82 Å². The van der Waals surface area contributed by atoms with Crippen molar-refractivity contribution >= 4 is 28.7 Å². The fourth-order valence-electron chi connectivity index (χ4n) is 1.61. The van der Waals surface area contributed by atoms with Crippen molar-refractivity contribution in [1.82, 2.24) is 18.7 Å². The predicted octanol–water partition coefficient (Wildman–Crippen LogP) is 1.39. The van der Waals surface area contributed by atoms with E-state index in [1.807, 2.05) is 30.3 Å². The Morgan fingerprint density at radius 3 is 2.89 bits per heavy atom. The van der Waals surface area contributed by atoms with Gasteiger partial charge in [-0.3, -0.25) is 4.98 Å². The lowest BCUT2D eigenvalue weighted by atomic mass is 10.2. The lowest BCUT2D eigenvalue weighted by molar-refractivity contribution is 1.06. The molecule has 0 spiro atoms. The number of nitrogens with zero attached hydrogens (tertiary/aromatic N) is 3. The molecule has 3 aromatic rings. The summed E-state index contributed by atoms with van der Waals surface area (Å²) in [5, 5.41) is 3.10. The van der Waals surface area contributed by atoms with Crippen molar-refractivity contribution in [3.8, 4) is 0 Å². The number of H-pyrrole nitrogens is 1. The summed E-state index contributed by atoms with van der Waals surface area (Å²) in [6, 6.07) is 9.87. The molecule has 18 heavy (non-hydrogen) atoms. The van der Waals surface area contributed by atoms with E-state index in [0.29, 0.717) is 23.5 Å². The van der Waals surface area contributed by atoms with Crippen molar-refractivity contribution in [3.63, 3.8) is 0 Å². The maximum atomic E-state index is 11.3. The van der Waals surface area contributed by atoms with Crippen LogP contribution in [0, 0.1) is 0 Å². The van der Waals surface area contributed by atoms with Gasteiger partial charge < -0.3 is 5.32 Å². The van der Waals surface area contributed by atoms with Crippen LogP contribution < -0.4 is 11.0 Å². The van der Waals surface area contributed by atoms with Crippen LogP contribution in [-0.2, 0) is 6.54 Å². The molecule has 0 saturated carbocycles. The van der Waals surface area contributed by atoms with Crippen LogP contribution >= 0.6 is 11.7 Å². The third-order valence-electron chi connectivity index (χ3n) is 2.45. The van der Waals surface area contributed by atoms with Gasteiger partial charge in [-0.1, -0.05) is 30.3 Å². The molecule has 2 aromatic heterocycles. The predicted molar refractivity (Wildman–Crippen MR) is 69.6 cm³/mol. The van der Waals surface area contributed by atoms with Gasteiger partial charge in [-0.2, -0.15) is 13.7 Å². The molecule has 0 aliphatic carbocycles.